The Morgan fingerprint density at radius 2 is 1.72 bits per heavy atom. The summed E-state index contributed by atoms with van der Waals surface area (Å²) in [5, 5.41) is 2.81. The Kier molecular flexibility index (Phi) is 5.11. The van der Waals surface area contributed by atoms with Crippen LogP contribution in [0.3, 0.4) is 0 Å². The van der Waals surface area contributed by atoms with Crippen LogP contribution in [0.15, 0.2) is 66.7 Å². The summed E-state index contributed by atoms with van der Waals surface area (Å²) in [5.74, 6) is 0.697. The van der Waals surface area contributed by atoms with Crippen molar-refractivity contribution in [3.05, 3.63) is 83.7 Å². The van der Waals surface area contributed by atoms with Crippen LogP contribution in [0.2, 0.25) is 0 Å². The second kappa shape index (κ2) is 8.02. The molecule has 2 amide bonds. The Morgan fingerprint density at radius 3 is 2.55 bits per heavy atom. The number of hydrogen-bond acceptors (Lipinski definition) is 5. The van der Waals surface area contributed by atoms with Crippen molar-refractivity contribution in [1.29, 1.82) is 0 Å². The number of nitrogens with one attached hydrogen (secondary N) is 1. The highest BCUT2D eigenvalue weighted by atomic mass is 16.7. The Labute approximate surface area is 167 Å². The first-order valence-electron chi connectivity index (χ1n) is 9.09. The molecule has 1 aliphatic heterocycles. The van der Waals surface area contributed by atoms with Gasteiger partial charge in [-0.3, -0.25) is 9.59 Å². The van der Waals surface area contributed by atoms with Crippen molar-refractivity contribution in [1.82, 2.24) is 10.3 Å². The molecule has 0 spiro atoms. The van der Waals surface area contributed by atoms with Gasteiger partial charge in [-0.25, -0.2) is 4.98 Å². The molecule has 7 nitrogen and oxygen atoms in total. The van der Waals surface area contributed by atoms with Gasteiger partial charge in [0, 0.05) is 19.3 Å². The number of hydrogen-bond donors (Lipinski definition) is 1. The zero-order valence-electron chi connectivity index (χ0n) is 15.8. The number of carbonyl (C=O) groups excluding carboxylic acids is 2. The van der Waals surface area contributed by atoms with Gasteiger partial charge in [-0.1, -0.05) is 30.3 Å². The van der Waals surface area contributed by atoms with Crippen molar-refractivity contribution in [2.45, 2.75) is 6.54 Å². The Hall–Kier alpha value is -3.87. The van der Waals surface area contributed by atoms with E-state index in [4.69, 9.17) is 9.47 Å². The van der Waals surface area contributed by atoms with Crippen LogP contribution in [0, 0.1) is 0 Å². The molecule has 0 radical (unpaired) electrons. The third-order valence-corrected chi connectivity index (χ3v) is 4.54. The van der Waals surface area contributed by atoms with Crippen molar-refractivity contribution in [2.24, 2.45) is 0 Å². The highest BCUT2D eigenvalue weighted by Gasteiger charge is 2.17. The summed E-state index contributed by atoms with van der Waals surface area (Å²) < 4.78 is 10.6. The average Bonchev–Trinajstić information content (AvgIpc) is 3.25. The van der Waals surface area contributed by atoms with Crippen molar-refractivity contribution in [3.8, 4) is 11.5 Å². The Morgan fingerprint density at radius 1 is 0.966 bits per heavy atom. The fourth-order valence-corrected chi connectivity index (χ4v) is 2.94. The van der Waals surface area contributed by atoms with E-state index in [9.17, 15) is 9.59 Å². The van der Waals surface area contributed by atoms with Crippen LogP contribution >= 0.6 is 0 Å². The molecule has 29 heavy (non-hydrogen) atoms. The SMILES string of the molecule is CN(C(=O)c1cccc(C(=O)NCc2ccc3c(c2)OCO3)n1)c1ccccc1. The number of ether oxygens (including phenoxy) is 2. The summed E-state index contributed by atoms with van der Waals surface area (Å²) in [6.07, 6.45) is 0. The standard InChI is InChI=1S/C22H19N3O4/c1-25(16-6-3-2-4-7-16)22(27)18-9-5-8-17(24-18)21(26)23-13-15-10-11-19-20(12-15)29-14-28-19/h2-12H,13-14H2,1H3,(H,23,26). The van der Waals surface area contributed by atoms with Crippen LogP contribution in [0.1, 0.15) is 26.5 Å². The first-order chi connectivity index (χ1) is 14.1. The topological polar surface area (TPSA) is 80.8 Å². The zero-order valence-corrected chi connectivity index (χ0v) is 15.8. The van der Waals surface area contributed by atoms with E-state index in [0.29, 0.717) is 18.0 Å². The smallest absolute Gasteiger partial charge is 0.276 e. The van der Waals surface area contributed by atoms with Gasteiger partial charge in [0.2, 0.25) is 6.79 Å². The van der Waals surface area contributed by atoms with Gasteiger partial charge in [0.15, 0.2) is 11.5 Å². The minimum atomic E-state index is -0.361. The molecule has 0 fully saturated rings. The molecule has 0 saturated heterocycles. The van der Waals surface area contributed by atoms with Gasteiger partial charge in [0.1, 0.15) is 11.4 Å². The Balaban J connectivity index is 1.44. The predicted molar refractivity (Wildman–Crippen MR) is 107 cm³/mol. The van der Waals surface area contributed by atoms with Crippen molar-refractivity contribution in [2.75, 3.05) is 18.7 Å². The van der Waals surface area contributed by atoms with Gasteiger partial charge in [-0.2, -0.15) is 0 Å². The van der Waals surface area contributed by atoms with E-state index < -0.39 is 0 Å². The number of para-hydroxylation sites is 1. The summed E-state index contributed by atoms with van der Waals surface area (Å²) in [6.45, 7) is 0.507. The molecule has 1 aromatic heterocycles. The van der Waals surface area contributed by atoms with E-state index in [0.717, 1.165) is 11.3 Å². The Bertz CT molecular complexity index is 1050. The minimum absolute atomic E-state index is 0.179. The van der Waals surface area contributed by atoms with Crippen molar-refractivity contribution < 1.29 is 19.1 Å². The van der Waals surface area contributed by atoms with E-state index in [1.807, 2.05) is 42.5 Å². The predicted octanol–water partition coefficient (Wildman–Crippen LogP) is 3.02. The van der Waals surface area contributed by atoms with Crippen LogP contribution in [-0.4, -0.2) is 30.6 Å². The summed E-state index contributed by atoms with van der Waals surface area (Å²) in [6, 6.07) is 19.6. The van der Waals surface area contributed by atoms with E-state index in [1.165, 1.54) is 4.90 Å². The van der Waals surface area contributed by atoms with Crippen molar-refractivity contribution in [3.63, 3.8) is 0 Å². The number of nitrogens with zero attached hydrogens (tertiary/aromatic N) is 2. The average molecular weight is 389 g/mol. The molecule has 0 aliphatic carbocycles. The van der Waals surface area contributed by atoms with Crippen LogP contribution in [0.4, 0.5) is 5.69 Å². The molecular formula is C22H19N3O4. The van der Waals surface area contributed by atoms with Crippen LogP contribution in [0.5, 0.6) is 11.5 Å². The zero-order chi connectivity index (χ0) is 20.2. The number of carbonyl (C=O) groups is 2. The molecular weight excluding hydrogens is 370 g/mol. The molecule has 1 N–H and O–H groups in total. The highest BCUT2D eigenvalue weighted by molar-refractivity contribution is 6.05. The van der Waals surface area contributed by atoms with Crippen LogP contribution in [0.25, 0.3) is 0 Å². The fourth-order valence-electron chi connectivity index (χ4n) is 2.94. The lowest BCUT2D eigenvalue weighted by atomic mass is 10.2. The molecule has 4 rings (SSSR count). The monoisotopic (exact) mass is 389 g/mol. The van der Waals surface area contributed by atoms with Gasteiger partial charge in [-0.15, -0.1) is 0 Å². The number of benzene rings is 2. The van der Waals surface area contributed by atoms with Gasteiger partial charge in [0.05, 0.1) is 0 Å². The molecule has 2 heterocycles. The second-order valence-corrected chi connectivity index (χ2v) is 6.48. The summed E-state index contributed by atoms with van der Waals surface area (Å²) in [7, 11) is 1.67. The van der Waals surface area contributed by atoms with Crippen LogP contribution in [-0.2, 0) is 6.54 Å². The third-order valence-electron chi connectivity index (χ3n) is 4.54. The molecule has 0 unspecified atom stereocenters. The van der Waals surface area contributed by atoms with E-state index in [1.54, 1.807) is 31.3 Å². The van der Waals surface area contributed by atoms with E-state index in [2.05, 4.69) is 10.3 Å². The molecule has 7 heteroatoms. The van der Waals surface area contributed by atoms with Gasteiger partial charge >= 0.3 is 0 Å². The first kappa shape index (κ1) is 18.5. The number of pyridine rings is 1. The maximum Gasteiger partial charge on any atom is 0.276 e. The number of anilines is 1. The quantitative estimate of drug-likeness (QED) is 0.726. The summed E-state index contributed by atoms with van der Waals surface area (Å²) in [5.41, 5.74) is 2.00. The maximum atomic E-state index is 12.7. The van der Waals surface area contributed by atoms with Crippen LogP contribution < -0.4 is 19.7 Å². The van der Waals surface area contributed by atoms with E-state index >= 15 is 0 Å². The minimum Gasteiger partial charge on any atom is -0.454 e. The largest absolute Gasteiger partial charge is 0.454 e. The molecule has 0 atom stereocenters. The number of aromatic nitrogens is 1. The second-order valence-electron chi connectivity index (χ2n) is 6.48. The molecule has 0 saturated carbocycles. The number of amides is 2. The summed E-state index contributed by atoms with van der Waals surface area (Å²) >= 11 is 0. The lowest BCUT2D eigenvalue weighted by Gasteiger charge is -2.17. The fraction of sp³-hybridized carbons (Fsp3) is 0.136. The lowest BCUT2D eigenvalue weighted by Crippen LogP contribution is -2.29. The van der Waals surface area contributed by atoms with Gasteiger partial charge in [0.25, 0.3) is 11.8 Å². The first-order valence-corrected chi connectivity index (χ1v) is 9.09. The lowest BCUT2D eigenvalue weighted by molar-refractivity contribution is 0.0945. The number of fused-ring (bicyclic) bond motifs is 1. The molecule has 0 bridgehead atoms. The molecule has 1 aliphatic rings. The summed E-state index contributed by atoms with van der Waals surface area (Å²) in [4.78, 5) is 31.0. The van der Waals surface area contributed by atoms with Gasteiger partial charge in [-0.05, 0) is 42.0 Å². The third kappa shape index (κ3) is 4.03. The molecule has 146 valence electrons. The maximum absolute atomic E-state index is 12.7. The normalized spacial score (nSPS) is 11.8. The van der Waals surface area contributed by atoms with Crippen molar-refractivity contribution >= 4 is 17.5 Å². The molecule has 3 aromatic rings. The van der Waals surface area contributed by atoms with E-state index in [-0.39, 0.29) is 30.0 Å². The molecule has 2 aromatic carbocycles. The van der Waals surface area contributed by atoms with Gasteiger partial charge < -0.3 is 19.7 Å². The number of rotatable bonds is 5. The highest BCUT2D eigenvalue weighted by Crippen LogP contribution is 2.32.